The summed E-state index contributed by atoms with van der Waals surface area (Å²) in [7, 11) is 5.29. The molecule has 0 bridgehead atoms. The third-order valence-electron chi connectivity index (χ3n) is 7.65. The van der Waals surface area contributed by atoms with Gasteiger partial charge in [0.05, 0.1) is 25.2 Å². The third-order valence-corrected chi connectivity index (χ3v) is 7.65. The minimum absolute atomic E-state index is 0.0375. The van der Waals surface area contributed by atoms with E-state index in [0.717, 1.165) is 55.1 Å². The molecule has 1 aliphatic carbocycles. The Hall–Kier alpha value is -2.27. The van der Waals surface area contributed by atoms with E-state index in [0.29, 0.717) is 6.04 Å². The lowest BCUT2D eigenvalue weighted by atomic mass is 9.55. The number of hydrogen-bond acceptors (Lipinski definition) is 5. The Labute approximate surface area is 166 Å². The fraction of sp³-hybridized carbons (Fsp3) is 0.522. The summed E-state index contributed by atoms with van der Waals surface area (Å²) in [6, 6.07) is 6.76. The van der Waals surface area contributed by atoms with Crippen LogP contribution in [0.2, 0.25) is 0 Å². The van der Waals surface area contributed by atoms with Gasteiger partial charge >= 0.3 is 5.97 Å². The Bertz CT molecular complexity index is 920. The molecule has 28 heavy (non-hydrogen) atoms. The van der Waals surface area contributed by atoms with Crippen LogP contribution in [0.15, 0.2) is 41.6 Å². The van der Waals surface area contributed by atoms with E-state index in [4.69, 9.17) is 9.47 Å². The molecule has 0 saturated carbocycles. The van der Waals surface area contributed by atoms with Crippen LogP contribution in [-0.4, -0.2) is 51.3 Å². The van der Waals surface area contributed by atoms with Crippen molar-refractivity contribution in [2.24, 2.45) is 5.41 Å². The molecule has 1 aromatic rings. The molecule has 1 fully saturated rings. The molecule has 3 atom stereocenters. The van der Waals surface area contributed by atoms with Crippen LogP contribution >= 0.6 is 0 Å². The molecule has 1 spiro atoms. The molecule has 1 aromatic carbocycles. The summed E-state index contributed by atoms with van der Waals surface area (Å²) in [5.74, 6) is 0.658. The van der Waals surface area contributed by atoms with E-state index in [1.165, 1.54) is 12.7 Å². The van der Waals surface area contributed by atoms with Crippen LogP contribution < -0.4 is 9.64 Å². The quantitative estimate of drug-likeness (QED) is 0.595. The van der Waals surface area contributed by atoms with E-state index in [-0.39, 0.29) is 16.8 Å². The molecule has 5 heteroatoms. The minimum Gasteiger partial charge on any atom is -0.497 e. The van der Waals surface area contributed by atoms with Gasteiger partial charge < -0.3 is 14.4 Å². The number of esters is 1. The average molecular weight is 380 g/mol. The Morgan fingerprint density at radius 2 is 2.14 bits per heavy atom. The zero-order valence-corrected chi connectivity index (χ0v) is 17.1. The SMILES string of the molecule is CC[C@]12C=CCN3CC[C@]4(C(=C(C(=O)OC)C1)N(C)c1cc(OC)ccc14)[C@@H]32. The number of likely N-dealkylation sites (N-methyl/N-ethyl adjacent to an activating group) is 1. The van der Waals surface area contributed by atoms with E-state index in [1.54, 1.807) is 7.11 Å². The molecular formula is C23H28N2O3. The van der Waals surface area contributed by atoms with Gasteiger partial charge in [0.1, 0.15) is 5.75 Å². The lowest BCUT2D eigenvalue weighted by molar-refractivity contribution is -0.137. The second kappa shape index (κ2) is 5.86. The van der Waals surface area contributed by atoms with Crippen molar-refractivity contribution in [1.29, 1.82) is 0 Å². The monoisotopic (exact) mass is 380 g/mol. The Balaban J connectivity index is 1.84. The van der Waals surface area contributed by atoms with Crippen molar-refractivity contribution in [3.05, 3.63) is 47.2 Å². The van der Waals surface area contributed by atoms with Gasteiger partial charge in [-0.1, -0.05) is 25.1 Å². The standard InChI is InChI=1S/C23H28N2O3/c1-5-22-9-6-11-25-12-10-23(21(22)25)17-8-7-15(27-3)13-18(17)24(2)19(23)16(14-22)20(26)28-4/h6-9,13,21H,5,10-12,14H2,1-4H3/t21-,22-,23-/m0/s1. The number of anilines is 1. The van der Waals surface area contributed by atoms with E-state index < -0.39 is 0 Å². The highest BCUT2D eigenvalue weighted by Gasteiger charge is 2.66. The highest BCUT2D eigenvalue weighted by molar-refractivity contribution is 5.93. The van der Waals surface area contributed by atoms with Crippen molar-refractivity contribution < 1.29 is 14.3 Å². The zero-order valence-electron chi connectivity index (χ0n) is 17.1. The predicted molar refractivity (Wildman–Crippen MR) is 109 cm³/mol. The number of methoxy groups -OCH3 is 2. The van der Waals surface area contributed by atoms with Crippen molar-refractivity contribution in [3.63, 3.8) is 0 Å². The van der Waals surface area contributed by atoms with Gasteiger partial charge in [0, 0.05) is 49.0 Å². The molecule has 5 nitrogen and oxygen atoms in total. The first-order valence-corrected chi connectivity index (χ1v) is 10.2. The molecule has 4 aliphatic rings. The summed E-state index contributed by atoms with van der Waals surface area (Å²) in [5, 5.41) is 0. The number of benzene rings is 1. The fourth-order valence-electron chi connectivity index (χ4n) is 6.60. The number of nitrogens with zero attached hydrogens (tertiary/aromatic N) is 2. The molecule has 3 aliphatic heterocycles. The average Bonchev–Trinajstić information content (AvgIpc) is 3.24. The van der Waals surface area contributed by atoms with Gasteiger partial charge in [0.15, 0.2) is 0 Å². The Morgan fingerprint density at radius 1 is 1.32 bits per heavy atom. The summed E-state index contributed by atoms with van der Waals surface area (Å²) in [4.78, 5) is 17.8. The third kappa shape index (κ3) is 1.93. The van der Waals surface area contributed by atoms with Gasteiger partial charge in [0.25, 0.3) is 0 Å². The van der Waals surface area contributed by atoms with Crippen LogP contribution in [0.25, 0.3) is 0 Å². The van der Waals surface area contributed by atoms with Crippen molar-refractivity contribution in [2.45, 2.75) is 37.6 Å². The first-order chi connectivity index (χ1) is 13.5. The first kappa shape index (κ1) is 17.8. The van der Waals surface area contributed by atoms with Gasteiger partial charge in [-0.2, -0.15) is 0 Å². The van der Waals surface area contributed by atoms with Crippen LogP contribution in [-0.2, 0) is 14.9 Å². The maximum Gasteiger partial charge on any atom is 0.335 e. The van der Waals surface area contributed by atoms with Crippen LogP contribution in [0.5, 0.6) is 5.75 Å². The second-order valence-corrected chi connectivity index (χ2v) is 8.55. The summed E-state index contributed by atoms with van der Waals surface area (Å²) >= 11 is 0. The van der Waals surface area contributed by atoms with Crippen molar-refractivity contribution in [1.82, 2.24) is 4.90 Å². The molecule has 3 heterocycles. The topological polar surface area (TPSA) is 42.0 Å². The maximum atomic E-state index is 13.0. The van der Waals surface area contributed by atoms with E-state index in [2.05, 4.69) is 54.1 Å². The lowest BCUT2D eigenvalue weighted by Gasteiger charge is -2.54. The molecule has 0 amide bonds. The molecule has 5 rings (SSSR count). The molecule has 148 valence electrons. The van der Waals surface area contributed by atoms with Gasteiger partial charge in [-0.05, 0) is 30.9 Å². The Morgan fingerprint density at radius 3 is 2.86 bits per heavy atom. The largest absolute Gasteiger partial charge is 0.497 e. The van der Waals surface area contributed by atoms with Crippen molar-refractivity contribution >= 4 is 11.7 Å². The minimum atomic E-state index is -0.190. The summed E-state index contributed by atoms with van der Waals surface area (Å²) < 4.78 is 10.8. The van der Waals surface area contributed by atoms with Gasteiger partial charge in [-0.3, -0.25) is 4.90 Å². The highest BCUT2D eigenvalue weighted by Crippen LogP contribution is 2.65. The molecule has 1 saturated heterocycles. The molecule has 0 aromatic heterocycles. The second-order valence-electron chi connectivity index (χ2n) is 8.55. The van der Waals surface area contributed by atoms with E-state index in [1.807, 2.05) is 0 Å². The predicted octanol–water partition coefficient (Wildman–Crippen LogP) is 3.25. The van der Waals surface area contributed by atoms with Gasteiger partial charge in [-0.25, -0.2) is 4.79 Å². The van der Waals surface area contributed by atoms with Crippen LogP contribution in [0.1, 0.15) is 31.7 Å². The highest BCUT2D eigenvalue weighted by atomic mass is 16.5. The first-order valence-electron chi connectivity index (χ1n) is 10.2. The molecule has 0 N–H and O–H groups in total. The van der Waals surface area contributed by atoms with Gasteiger partial charge in [0.2, 0.25) is 0 Å². The van der Waals surface area contributed by atoms with Gasteiger partial charge in [-0.15, -0.1) is 0 Å². The molecule has 0 radical (unpaired) electrons. The lowest BCUT2D eigenvalue weighted by Crippen LogP contribution is -2.58. The molecule has 0 unspecified atom stereocenters. The Kier molecular flexibility index (Phi) is 3.73. The number of ether oxygens (including phenoxy) is 2. The number of hydrogen-bond donors (Lipinski definition) is 0. The normalized spacial score (nSPS) is 32.9. The smallest absolute Gasteiger partial charge is 0.335 e. The van der Waals surface area contributed by atoms with Crippen LogP contribution in [0.3, 0.4) is 0 Å². The van der Waals surface area contributed by atoms with Crippen LogP contribution in [0, 0.1) is 5.41 Å². The number of carbonyl (C=O) groups is 1. The fourth-order valence-corrected chi connectivity index (χ4v) is 6.60. The van der Waals surface area contributed by atoms with E-state index in [9.17, 15) is 4.79 Å². The number of fused-ring (bicyclic) bond motifs is 1. The summed E-state index contributed by atoms with van der Waals surface area (Å²) in [6.45, 7) is 4.30. The summed E-state index contributed by atoms with van der Waals surface area (Å²) in [6.07, 6.45) is 7.46. The number of carbonyl (C=O) groups excluding carboxylic acids is 1. The van der Waals surface area contributed by atoms with Crippen LogP contribution in [0.4, 0.5) is 5.69 Å². The zero-order chi connectivity index (χ0) is 19.7. The molecular weight excluding hydrogens is 352 g/mol. The van der Waals surface area contributed by atoms with Crippen molar-refractivity contribution in [2.75, 3.05) is 39.3 Å². The summed E-state index contributed by atoms with van der Waals surface area (Å²) in [5.41, 5.74) is 4.26. The number of rotatable bonds is 3. The maximum absolute atomic E-state index is 13.0. The van der Waals surface area contributed by atoms with Crippen molar-refractivity contribution in [3.8, 4) is 5.75 Å². The van der Waals surface area contributed by atoms with E-state index >= 15 is 0 Å².